The molecule has 3 aromatic rings. The second-order valence-electron chi connectivity index (χ2n) is 6.37. The van der Waals surface area contributed by atoms with Crippen molar-refractivity contribution in [1.29, 1.82) is 0 Å². The number of ether oxygens (including phenoxy) is 1. The highest BCUT2D eigenvalue weighted by atomic mass is 19.1. The second-order valence-corrected chi connectivity index (χ2v) is 6.37. The summed E-state index contributed by atoms with van der Waals surface area (Å²) in [4.78, 5) is 18.5. The summed E-state index contributed by atoms with van der Waals surface area (Å²) in [6, 6.07) is 15.6. The molecule has 0 bridgehead atoms. The fourth-order valence-corrected chi connectivity index (χ4v) is 3.09. The van der Waals surface area contributed by atoms with Crippen LogP contribution in [0.4, 0.5) is 4.39 Å². The van der Waals surface area contributed by atoms with E-state index in [1.165, 1.54) is 12.1 Å². The molecule has 4 rings (SSSR count). The zero-order valence-corrected chi connectivity index (χ0v) is 14.5. The molecule has 0 aliphatic carbocycles. The third kappa shape index (κ3) is 3.81. The summed E-state index contributed by atoms with van der Waals surface area (Å²) >= 11 is 0. The van der Waals surface area contributed by atoms with E-state index in [4.69, 9.17) is 9.26 Å². The molecule has 1 atom stereocenters. The molecule has 0 saturated carbocycles. The molecular formula is C20H18FN3O3. The van der Waals surface area contributed by atoms with Crippen molar-refractivity contribution in [2.24, 2.45) is 0 Å². The number of benzene rings is 2. The van der Waals surface area contributed by atoms with Gasteiger partial charge in [-0.05, 0) is 30.7 Å². The number of amides is 1. The second kappa shape index (κ2) is 7.57. The van der Waals surface area contributed by atoms with Crippen LogP contribution in [-0.4, -0.2) is 40.6 Å². The molecule has 138 valence electrons. The van der Waals surface area contributed by atoms with Gasteiger partial charge in [0.1, 0.15) is 0 Å². The Balaban J connectivity index is 1.35. The molecule has 7 heteroatoms. The first kappa shape index (κ1) is 17.2. The molecule has 1 aliphatic heterocycles. The number of aromatic nitrogens is 2. The lowest BCUT2D eigenvalue weighted by atomic mass is 10.1. The van der Waals surface area contributed by atoms with E-state index in [0.29, 0.717) is 24.8 Å². The molecule has 2 heterocycles. The average Bonchev–Trinajstić information content (AvgIpc) is 3.37. The van der Waals surface area contributed by atoms with E-state index < -0.39 is 5.82 Å². The highest BCUT2D eigenvalue weighted by Gasteiger charge is 2.30. The van der Waals surface area contributed by atoms with Crippen LogP contribution in [0.15, 0.2) is 59.1 Å². The topological polar surface area (TPSA) is 68.5 Å². The van der Waals surface area contributed by atoms with Crippen molar-refractivity contribution < 1.29 is 18.4 Å². The molecular weight excluding hydrogens is 349 g/mol. The monoisotopic (exact) mass is 367 g/mol. The first-order chi connectivity index (χ1) is 13.2. The van der Waals surface area contributed by atoms with E-state index in [1.54, 1.807) is 17.0 Å². The molecule has 2 aromatic carbocycles. The summed E-state index contributed by atoms with van der Waals surface area (Å²) in [7, 11) is 0. The molecule has 0 spiro atoms. The number of para-hydroxylation sites is 1. The van der Waals surface area contributed by atoms with Gasteiger partial charge in [0.25, 0.3) is 11.8 Å². The minimum atomic E-state index is -0.482. The number of carbonyl (C=O) groups is 1. The van der Waals surface area contributed by atoms with Crippen molar-refractivity contribution in [3.8, 4) is 17.2 Å². The first-order valence-electron chi connectivity index (χ1n) is 8.75. The Morgan fingerprint density at radius 2 is 1.96 bits per heavy atom. The third-order valence-electron chi connectivity index (χ3n) is 4.56. The zero-order chi connectivity index (χ0) is 18.6. The average molecular weight is 367 g/mol. The van der Waals surface area contributed by atoms with Crippen molar-refractivity contribution in [2.45, 2.75) is 12.3 Å². The van der Waals surface area contributed by atoms with Crippen molar-refractivity contribution in [2.75, 3.05) is 19.7 Å². The van der Waals surface area contributed by atoms with Crippen LogP contribution in [0, 0.1) is 5.82 Å². The number of rotatable bonds is 5. The van der Waals surface area contributed by atoms with E-state index in [2.05, 4.69) is 10.1 Å². The summed E-state index contributed by atoms with van der Waals surface area (Å²) < 4.78 is 24.2. The number of likely N-dealkylation sites (tertiary alicyclic amines) is 1. The van der Waals surface area contributed by atoms with Crippen LogP contribution < -0.4 is 4.74 Å². The Morgan fingerprint density at radius 1 is 1.19 bits per heavy atom. The Kier molecular flexibility index (Phi) is 4.82. The number of hydrogen-bond donors (Lipinski definition) is 0. The number of carbonyl (C=O) groups excluding carboxylic acids is 1. The van der Waals surface area contributed by atoms with Gasteiger partial charge >= 0.3 is 0 Å². The Bertz CT molecular complexity index is 929. The lowest BCUT2D eigenvalue weighted by molar-refractivity contribution is -0.132. The summed E-state index contributed by atoms with van der Waals surface area (Å²) in [6.45, 7) is 0.877. The van der Waals surface area contributed by atoms with Gasteiger partial charge in [-0.25, -0.2) is 4.39 Å². The summed E-state index contributed by atoms with van der Waals surface area (Å²) in [5.74, 6) is 0.491. The Hall–Kier alpha value is -3.22. The van der Waals surface area contributed by atoms with Crippen LogP contribution >= 0.6 is 0 Å². The molecule has 0 radical (unpaired) electrons. The smallest absolute Gasteiger partial charge is 0.260 e. The quantitative estimate of drug-likeness (QED) is 0.692. The van der Waals surface area contributed by atoms with Gasteiger partial charge in [0.15, 0.2) is 24.0 Å². The molecule has 27 heavy (non-hydrogen) atoms. The van der Waals surface area contributed by atoms with Crippen LogP contribution in [-0.2, 0) is 4.79 Å². The highest BCUT2D eigenvalue weighted by molar-refractivity contribution is 5.78. The molecule has 1 aromatic heterocycles. The SMILES string of the molecule is O=C(COc1ccccc1F)N1CC[C@@H](c2noc(-c3ccccc3)n2)C1. The van der Waals surface area contributed by atoms with Crippen LogP contribution in [0.25, 0.3) is 11.5 Å². The van der Waals surface area contributed by atoms with E-state index in [9.17, 15) is 9.18 Å². The maximum Gasteiger partial charge on any atom is 0.260 e. The van der Waals surface area contributed by atoms with Gasteiger partial charge in [0, 0.05) is 24.6 Å². The maximum absolute atomic E-state index is 13.6. The molecule has 1 saturated heterocycles. The van der Waals surface area contributed by atoms with Gasteiger partial charge in [-0.2, -0.15) is 4.98 Å². The molecule has 0 N–H and O–H groups in total. The van der Waals surface area contributed by atoms with Gasteiger partial charge in [0.2, 0.25) is 0 Å². The van der Waals surface area contributed by atoms with Crippen molar-refractivity contribution in [3.63, 3.8) is 0 Å². The summed E-state index contributed by atoms with van der Waals surface area (Å²) in [6.07, 6.45) is 0.749. The largest absolute Gasteiger partial charge is 0.481 e. The van der Waals surface area contributed by atoms with Crippen molar-refractivity contribution >= 4 is 5.91 Å². The summed E-state index contributed by atoms with van der Waals surface area (Å²) in [5, 5.41) is 4.07. The van der Waals surface area contributed by atoms with Gasteiger partial charge in [0.05, 0.1) is 0 Å². The predicted octanol–water partition coefficient (Wildman–Crippen LogP) is 3.27. The van der Waals surface area contributed by atoms with E-state index in [0.717, 1.165) is 12.0 Å². The summed E-state index contributed by atoms with van der Waals surface area (Å²) in [5.41, 5.74) is 0.862. The fraction of sp³-hybridized carbons (Fsp3) is 0.250. The van der Waals surface area contributed by atoms with E-state index >= 15 is 0 Å². The molecule has 0 unspecified atom stereocenters. The van der Waals surface area contributed by atoms with Crippen LogP contribution in [0.5, 0.6) is 5.75 Å². The third-order valence-corrected chi connectivity index (χ3v) is 4.56. The lowest BCUT2D eigenvalue weighted by Crippen LogP contribution is -2.33. The van der Waals surface area contributed by atoms with Gasteiger partial charge in [-0.3, -0.25) is 4.79 Å². The van der Waals surface area contributed by atoms with Crippen LogP contribution in [0.3, 0.4) is 0 Å². The predicted molar refractivity (Wildman–Crippen MR) is 95.6 cm³/mol. The van der Waals surface area contributed by atoms with E-state index in [-0.39, 0.29) is 24.2 Å². The minimum absolute atomic E-state index is 0.0172. The van der Waals surface area contributed by atoms with Crippen molar-refractivity contribution in [1.82, 2.24) is 15.0 Å². The van der Waals surface area contributed by atoms with Gasteiger partial charge in [-0.1, -0.05) is 35.5 Å². The number of nitrogens with zero attached hydrogens (tertiary/aromatic N) is 3. The number of hydrogen-bond acceptors (Lipinski definition) is 5. The highest BCUT2D eigenvalue weighted by Crippen LogP contribution is 2.27. The van der Waals surface area contributed by atoms with E-state index in [1.807, 2.05) is 30.3 Å². The standard InChI is InChI=1S/C20H18FN3O3/c21-16-8-4-5-9-17(16)26-13-18(25)24-11-10-15(12-24)19-22-20(27-23-19)14-6-2-1-3-7-14/h1-9,15H,10-13H2/t15-/m1/s1. The Labute approximate surface area is 155 Å². The normalized spacial score (nSPS) is 16.5. The Morgan fingerprint density at radius 3 is 2.78 bits per heavy atom. The molecule has 1 aliphatic rings. The molecule has 1 fully saturated rings. The van der Waals surface area contributed by atoms with Crippen LogP contribution in [0.2, 0.25) is 0 Å². The van der Waals surface area contributed by atoms with Crippen molar-refractivity contribution in [3.05, 3.63) is 66.2 Å². The lowest BCUT2D eigenvalue weighted by Gasteiger charge is -2.16. The molecule has 6 nitrogen and oxygen atoms in total. The molecule has 1 amide bonds. The minimum Gasteiger partial charge on any atom is -0.481 e. The fourth-order valence-electron chi connectivity index (χ4n) is 3.09. The van der Waals surface area contributed by atoms with Gasteiger partial charge < -0.3 is 14.2 Å². The maximum atomic E-state index is 13.6. The van der Waals surface area contributed by atoms with Gasteiger partial charge in [-0.15, -0.1) is 0 Å². The van der Waals surface area contributed by atoms with Crippen LogP contribution in [0.1, 0.15) is 18.2 Å². The first-order valence-corrected chi connectivity index (χ1v) is 8.75. The number of halogens is 1. The zero-order valence-electron chi connectivity index (χ0n) is 14.5.